The minimum absolute atomic E-state index is 0. The van der Waals surface area contributed by atoms with Crippen LogP contribution >= 0.6 is 0 Å². The van der Waals surface area contributed by atoms with Gasteiger partial charge in [0.05, 0.1) is 0 Å². The predicted molar refractivity (Wildman–Crippen MR) is 97.1 cm³/mol. The number of aryl methyl sites for hydroxylation is 2. The topological polar surface area (TPSA) is 3.88 Å². The van der Waals surface area contributed by atoms with Crippen LogP contribution in [0, 0.1) is 0 Å². The van der Waals surface area contributed by atoms with Crippen LogP contribution in [0.15, 0.2) is 24.4 Å². The number of pyridine rings is 1. The van der Waals surface area contributed by atoms with Gasteiger partial charge in [0.1, 0.15) is 6.54 Å². The Kier molecular flexibility index (Phi) is 15.9. The Hall–Kier alpha value is -0.560. The highest BCUT2D eigenvalue weighted by Gasteiger charge is 2.08. The smallest absolute Gasteiger partial charge is 0.181 e. The second kappa shape index (κ2) is 16.3. The molecule has 0 aliphatic carbocycles. The molecule has 0 spiro atoms. The summed E-state index contributed by atoms with van der Waals surface area (Å²) in [5, 5.41) is 0. The van der Waals surface area contributed by atoms with Crippen molar-refractivity contribution in [2.24, 2.45) is 0 Å². The van der Waals surface area contributed by atoms with Crippen molar-refractivity contribution in [3.05, 3.63) is 30.1 Å². The highest BCUT2D eigenvalue weighted by Crippen LogP contribution is 2.09. The molecule has 0 saturated heterocycles. The van der Waals surface area contributed by atoms with Gasteiger partial charge in [-0.3, -0.25) is 0 Å². The Balaban J connectivity index is 0.00000484. The van der Waals surface area contributed by atoms with Crippen LogP contribution in [0.3, 0.4) is 0 Å². The summed E-state index contributed by atoms with van der Waals surface area (Å²) in [5.74, 6) is 0. The Morgan fingerprint density at radius 2 is 1.26 bits per heavy atom. The number of rotatable bonds is 14. The third-order valence-corrected chi connectivity index (χ3v) is 4.57. The second-order valence-electron chi connectivity index (χ2n) is 6.67. The molecule has 0 amide bonds. The van der Waals surface area contributed by atoms with E-state index in [1.165, 1.54) is 95.7 Å². The van der Waals surface area contributed by atoms with Gasteiger partial charge in [-0.25, -0.2) is 4.57 Å². The van der Waals surface area contributed by atoms with Crippen LogP contribution in [-0.2, 0) is 13.0 Å². The van der Waals surface area contributed by atoms with E-state index in [9.17, 15) is 0 Å². The minimum Gasteiger partial charge on any atom is -1.00 e. The van der Waals surface area contributed by atoms with Crippen molar-refractivity contribution in [2.75, 3.05) is 0 Å². The highest BCUT2D eigenvalue weighted by molar-refractivity contribution is 4.97. The number of unbranched alkanes of at least 4 members (excludes halogenated alkanes) is 10. The van der Waals surface area contributed by atoms with E-state index >= 15 is 0 Å². The van der Waals surface area contributed by atoms with Crippen LogP contribution < -0.4 is 17.0 Å². The van der Waals surface area contributed by atoms with Gasteiger partial charge in [0.15, 0.2) is 11.9 Å². The van der Waals surface area contributed by atoms with Gasteiger partial charge in [0.25, 0.3) is 0 Å². The molecule has 0 atom stereocenters. The van der Waals surface area contributed by atoms with Gasteiger partial charge in [-0.15, -0.1) is 0 Å². The minimum atomic E-state index is 0. The van der Waals surface area contributed by atoms with Crippen LogP contribution in [0.4, 0.5) is 0 Å². The molecule has 1 heterocycles. The number of aromatic nitrogens is 1. The molecule has 2 heteroatoms. The van der Waals surface area contributed by atoms with Gasteiger partial charge < -0.3 is 12.4 Å². The first kappa shape index (κ1) is 22.4. The summed E-state index contributed by atoms with van der Waals surface area (Å²) < 4.78 is 2.49. The predicted octanol–water partition coefficient (Wildman–Crippen LogP) is 3.24. The molecule has 1 nitrogen and oxygen atoms in total. The summed E-state index contributed by atoms with van der Waals surface area (Å²) in [6, 6.07) is 6.69. The van der Waals surface area contributed by atoms with E-state index in [1.54, 1.807) is 0 Å². The monoisotopic (exact) mass is 339 g/mol. The molecule has 23 heavy (non-hydrogen) atoms. The van der Waals surface area contributed by atoms with Gasteiger partial charge in [-0.1, -0.05) is 77.7 Å². The number of nitrogens with zero attached hydrogens (tertiary/aromatic N) is 1. The molecule has 0 radical (unpaired) electrons. The molecule has 0 saturated carbocycles. The third-order valence-electron chi connectivity index (χ3n) is 4.57. The van der Waals surface area contributed by atoms with Gasteiger partial charge in [0.2, 0.25) is 0 Å². The molecule has 0 unspecified atom stereocenters. The standard InChI is InChI=1S/C21H38N.ClH/c1-3-5-7-9-10-11-12-15-19-22-20-16-14-18-21(22)17-13-8-6-4-2;/h14,16,18,20H,3-13,15,17,19H2,1-2H3;1H/q+1;/p-1. The summed E-state index contributed by atoms with van der Waals surface area (Å²) in [4.78, 5) is 0. The summed E-state index contributed by atoms with van der Waals surface area (Å²) >= 11 is 0. The van der Waals surface area contributed by atoms with Gasteiger partial charge in [-0.05, 0) is 12.8 Å². The summed E-state index contributed by atoms with van der Waals surface area (Å²) in [6.45, 7) is 5.78. The summed E-state index contributed by atoms with van der Waals surface area (Å²) in [7, 11) is 0. The van der Waals surface area contributed by atoms with Gasteiger partial charge in [-0.2, -0.15) is 0 Å². The first-order chi connectivity index (χ1) is 10.9. The molecule has 0 aliphatic rings. The van der Waals surface area contributed by atoms with Crippen molar-refractivity contribution in [1.29, 1.82) is 0 Å². The molecule has 0 fully saturated rings. The lowest BCUT2D eigenvalue weighted by Gasteiger charge is -2.04. The van der Waals surface area contributed by atoms with Crippen LogP contribution in [0.2, 0.25) is 0 Å². The van der Waals surface area contributed by atoms with E-state index < -0.39 is 0 Å². The van der Waals surface area contributed by atoms with Crippen molar-refractivity contribution in [3.63, 3.8) is 0 Å². The van der Waals surface area contributed by atoms with E-state index in [0.29, 0.717) is 0 Å². The zero-order valence-electron chi connectivity index (χ0n) is 15.5. The maximum atomic E-state index is 2.49. The van der Waals surface area contributed by atoms with Crippen LogP contribution in [0.1, 0.15) is 96.6 Å². The molecule has 1 rings (SSSR count). The molecular weight excluding hydrogens is 302 g/mol. The fraction of sp³-hybridized carbons (Fsp3) is 0.762. The maximum absolute atomic E-state index is 2.49. The first-order valence-corrected chi connectivity index (χ1v) is 9.85. The third kappa shape index (κ3) is 11.6. The van der Waals surface area contributed by atoms with E-state index in [1.807, 2.05) is 0 Å². The zero-order chi connectivity index (χ0) is 15.9. The number of hydrogen-bond donors (Lipinski definition) is 0. The van der Waals surface area contributed by atoms with Crippen molar-refractivity contribution < 1.29 is 17.0 Å². The van der Waals surface area contributed by atoms with Crippen molar-refractivity contribution in [3.8, 4) is 0 Å². The van der Waals surface area contributed by atoms with E-state index in [4.69, 9.17) is 0 Å². The molecule has 134 valence electrons. The lowest BCUT2D eigenvalue weighted by molar-refractivity contribution is -0.704. The average molecular weight is 340 g/mol. The number of halogens is 1. The van der Waals surface area contributed by atoms with Gasteiger partial charge in [0, 0.05) is 25.0 Å². The molecular formula is C21H38ClN. The molecule has 1 aromatic rings. The maximum Gasteiger partial charge on any atom is 0.181 e. The largest absolute Gasteiger partial charge is 1.00 e. The Morgan fingerprint density at radius 3 is 1.91 bits per heavy atom. The van der Waals surface area contributed by atoms with Crippen LogP contribution in [0.25, 0.3) is 0 Å². The van der Waals surface area contributed by atoms with Crippen molar-refractivity contribution in [1.82, 2.24) is 0 Å². The Labute approximate surface area is 151 Å². The van der Waals surface area contributed by atoms with Crippen molar-refractivity contribution >= 4 is 0 Å². The fourth-order valence-corrected chi connectivity index (χ4v) is 3.11. The van der Waals surface area contributed by atoms with E-state index in [0.717, 1.165) is 0 Å². The fourth-order valence-electron chi connectivity index (χ4n) is 3.11. The van der Waals surface area contributed by atoms with Gasteiger partial charge >= 0.3 is 0 Å². The van der Waals surface area contributed by atoms with E-state index in [-0.39, 0.29) is 12.4 Å². The normalized spacial score (nSPS) is 10.5. The summed E-state index contributed by atoms with van der Waals surface area (Å²) in [6.07, 6.45) is 20.2. The molecule has 1 aromatic heterocycles. The lowest BCUT2D eigenvalue weighted by Crippen LogP contribution is -3.00. The molecule has 0 aromatic carbocycles. The zero-order valence-corrected chi connectivity index (χ0v) is 16.3. The first-order valence-electron chi connectivity index (χ1n) is 9.85. The lowest BCUT2D eigenvalue weighted by atomic mass is 10.1. The highest BCUT2D eigenvalue weighted by atomic mass is 35.5. The molecule has 0 bridgehead atoms. The average Bonchev–Trinajstić information content (AvgIpc) is 2.55. The quantitative estimate of drug-likeness (QED) is 0.362. The van der Waals surface area contributed by atoms with Crippen LogP contribution in [-0.4, -0.2) is 0 Å². The molecule has 0 aliphatic heterocycles. The molecule has 0 N–H and O–H groups in total. The number of hydrogen-bond acceptors (Lipinski definition) is 0. The Bertz CT molecular complexity index is 365. The van der Waals surface area contributed by atoms with Crippen LogP contribution in [0.5, 0.6) is 0 Å². The SMILES string of the molecule is CCCCCCCCCC[n+]1ccccc1CCCCCC.[Cl-]. The summed E-state index contributed by atoms with van der Waals surface area (Å²) in [5.41, 5.74) is 1.53. The van der Waals surface area contributed by atoms with E-state index in [2.05, 4.69) is 42.8 Å². The second-order valence-corrected chi connectivity index (χ2v) is 6.67. The van der Waals surface area contributed by atoms with Crippen molar-refractivity contribution in [2.45, 2.75) is 104 Å². The Morgan fingerprint density at radius 1 is 0.696 bits per heavy atom.